The van der Waals surface area contributed by atoms with Crippen molar-refractivity contribution in [2.45, 2.75) is 63.3 Å². The second-order valence-corrected chi connectivity index (χ2v) is 14.0. The summed E-state index contributed by atoms with van der Waals surface area (Å²) in [6.07, 6.45) is 9.51. The topological polar surface area (TPSA) is 86.8 Å². The number of nitrogens with one attached hydrogen (secondary N) is 1. The molecule has 2 aromatic carbocycles. The van der Waals surface area contributed by atoms with Crippen molar-refractivity contribution in [1.29, 1.82) is 0 Å². The number of rotatable bonds is 10. The Morgan fingerprint density at radius 2 is 1.51 bits per heavy atom. The molecule has 39 heavy (non-hydrogen) atoms. The van der Waals surface area contributed by atoms with Crippen molar-refractivity contribution in [3.05, 3.63) is 65.7 Å². The van der Waals surface area contributed by atoms with Gasteiger partial charge in [-0.3, -0.25) is 13.9 Å². The lowest BCUT2D eigenvalue weighted by Crippen LogP contribution is -2.51. The monoisotopic (exact) mass is 551 g/mol. The van der Waals surface area contributed by atoms with E-state index in [0.29, 0.717) is 18.7 Å². The first kappa shape index (κ1) is 27.7. The van der Waals surface area contributed by atoms with Crippen molar-refractivity contribution in [2.24, 2.45) is 17.8 Å². The smallest absolute Gasteiger partial charge is 0.244 e. The standard InChI is InChI=1S/C31H41N3O4S/c1-22(30(36)32-2)33(14-13-23-7-5-4-6-8-23)29(35)21-34(39(3,37)38)28-11-9-27(10-12-28)31-18-24-15-25(19-31)17-26(16-24)20-31/h4-12,22,24-26H,13-21H2,1-3H3,(H,32,36)/t22-,24?,25?,26?,31?/m1/s1. The highest BCUT2D eigenvalue weighted by molar-refractivity contribution is 7.92. The third-order valence-corrected chi connectivity index (χ3v) is 10.5. The van der Waals surface area contributed by atoms with Gasteiger partial charge in [0.05, 0.1) is 11.9 Å². The van der Waals surface area contributed by atoms with E-state index in [1.165, 1.54) is 60.3 Å². The highest BCUT2D eigenvalue weighted by atomic mass is 32.2. The number of carbonyl (C=O) groups excluding carboxylic acids is 2. The molecule has 0 spiro atoms. The Bertz CT molecular complexity index is 1260. The number of hydrogen-bond donors (Lipinski definition) is 1. The van der Waals surface area contributed by atoms with Crippen LogP contribution in [0.1, 0.15) is 56.6 Å². The van der Waals surface area contributed by atoms with Crippen LogP contribution in [0, 0.1) is 17.8 Å². The lowest BCUT2D eigenvalue weighted by molar-refractivity contribution is -0.138. The maximum absolute atomic E-state index is 13.6. The molecule has 4 aliphatic carbocycles. The van der Waals surface area contributed by atoms with Crippen LogP contribution in [0.15, 0.2) is 54.6 Å². The number of sulfonamides is 1. The second kappa shape index (κ2) is 11.0. The molecular weight excluding hydrogens is 510 g/mol. The molecule has 7 nitrogen and oxygen atoms in total. The predicted octanol–water partition coefficient (Wildman–Crippen LogP) is 4.13. The van der Waals surface area contributed by atoms with Gasteiger partial charge in [-0.25, -0.2) is 8.42 Å². The van der Waals surface area contributed by atoms with Gasteiger partial charge in [0, 0.05) is 13.6 Å². The first-order valence-electron chi connectivity index (χ1n) is 14.2. The van der Waals surface area contributed by atoms with Crippen molar-refractivity contribution in [1.82, 2.24) is 10.2 Å². The molecule has 8 heteroatoms. The number of carbonyl (C=O) groups is 2. The number of anilines is 1. The fraction of sp³-hybridized carbons (Fsp3) is 0.548. The number of likely N-dealkylation sites (N-methyl/N-ethyl adjacent to an activating group) is 1. The van der Waals surface area contributed by atoms with Crippen LogP contribution in [0.25, 0.3) is 0 Å². The summed E-state index contributed by atoms with van der Waals surface area (Å²) in [4.78, 5) is 27.6. The Balaban J connectivity index is 1.35. The molecule has 1 atom stereocenters. The molecule has 2 aromatic rings. The second-order valence-electron chi connectivity index (χ2n) is 12.1. The Morgan fingerprint density at radius 3 is 2.03 bits per heavy atom. The Morgan fingerprint density at radius 1 is 0.949 bits per heavy atom. The largest absolute Gasteiger partial charge is 0.357 e. The van der Waals surface area contributed by atoms with E-state index in [2.05, 4.69) is 17.4 Å². The fourth-order valence-corrected chi connectivity index (χ4v) is 8.69. The van der Waals surface area contributed by atoms with Crippen molar-refractivity contribution in [2.75, 3.05) is 30.7 Å². The van der Waals surface area contributed by atoms with Gasteiger partial charge in [0.1, 0.15) is 12.6 Å². The molecule has 0 aliphatic heterocycles. The molecule has 0 radical (unpaired) electrons. The van der Waals surface area contributed by atoms with E-state index in [9.17, 15) is 18.0 Å². The zero-order chi connectivity index (χ0) is 27.8. The van der Waals surface area contributed by atoms with Gasteiger partial charge in [-0.2, -0.15) is 0 Å². The first-order chi connectivity index (χ1) is 18.6. The molecule has 0 saturated heterocycles. The summed E-state index contributed by atoms with van der Waals surface area (Å²) in [5.74, 6) is 1.78. The van der Waals surface area contributed by atoms with Gasteiger partial charge < -0.3 is 10.2 Å². The van der Waals surface area contributed by atoms with Crippen LogP contribution in [0.2, 0.25) is 0 Å². The van der Waals surface area contributed by atoms with Gasteiger partial charge in [0.2, 0.25) is 21.8 Å². The normalized spacial score (nSPS) is 26.2. The van der Waals surface area contributed by atoms with Crippen molar-refractivity contribution >= 4 is 27.5 Å². The summed E-state index contributed by atoms with van der Waals surface area (Å²) in [6.45, 7) is 1.62. The fourth-order valence-electron chi connectivity index (χ4n) is 7.84. The van der Waals surface area contributed by atoms with Crippen LogP contribution in [0.5, 0.6) is 0 Å². The quantitative estimate of drug-likeness (QED) is 0.481. The van der Waals surface area contributed by atoms with E-state index in [4.69, 9.17) is 0 Å². The third-order valence-electron chi connectivity index (χ3n) is 9.38. The molecular formula is C31H41N3O4S. The van der Waals surface area contributed by atoms with Gasteiger partial charge in [-0.1, -0.05) is 42.5 Å². The van der Waals surface area contributed by atoms with E-state index in [1.54, 1.807) is 6.92 Å². The lowest BCUT2D eigenvalue weighted by Gasteiger charge is -2.57. The zero-order valence-electron chi connectivity index (χ0n) is 23.3. The highest BCUT2D eigenvalue weighted by Gasteiger charge is 2.51. The Hall–Kier alpha value is -2.87. The lowest BCUT2D eigenvalue weighted by atomic mass is 9.48. The van der Waals surface area contributed by atoms with E-state index < -0.39 is 22.0 Å². The highest BCUT2D eigenvalue weighted by Crippen LogP contribution is 2.60. The predicted molar refractivity (Wildman–Crippen MR) is 154 cm³/mol. The van der Waals surface area contributed by atoms with Crippen LogP contribution in [-0.4, -0.2) is 57.6 Å². The molecule has 0 heterocycles. The van der Waals surface area contributed by atoms with E-state index >= 15 is 0 Å². The van der Waals surface area contributed by atoms with Crippen LogP contribution < -0.4 is 9.62 Å². The minimum Gasteiger partial charge on any atom is -0.357 e. The average Bonchev–Trinajstić information content (AvgIpc) is 2.90. The zero-order valence-corrected chi connectivity index (χ0v) is 24.1. The Kier molecular flexibility index (Phi) is 7.77. The summed E-state index contributed by atoms with van der Waals surface area (Å²) in [7, 11) is -2.20. The first-order valence-corrected chi connectivity index (χ1v) is 16.1. The van der Waals surface area contributed by atoms with Gasteiger partial charge in [0.15, 0.2) is 0 Å². The maximum atomic E-state index is 13.6. The summed E-state index contributed by atoms with van der Waals surface area (Å²) in [5.41, 5.74) is 3.05. The van der Waals surface area contributed by atoms with Gasteiger partial charge in [-0.15, -0.1) is 0 Å². The summed E-state index contributed by atoms with van der Waals surface area (Å²) in [6, 6.07) is 16.9. The van der Waals surface area contributed by atoms with E-state index in [-0.39, 0.29) is 17.9 Å². The van der Waals surface area contributed by atoms with Gasteiger partial charge >= 0.3 is 0 Å². The van der Waals surface area contributed by atoms with Crippen LogP contribution in [-0.2, 0) is 31.4 Å². The molecule has 0 aromatic heterocycles. The van der Waals surface area contributed by atoms with Crippen molar-refractivity contribution in [3.63, 3.8) is 0 Å². The maximum Gasteiger partial charge on any atom is 0.244 e. The molecule has 4 aliphatic rings. The molecule has 4 fully saturated rings. The SMILES string of the molecule is CNC(=O)[C@@H](C)N(CCc1ccccc1)C(=O)CN(c1ccc(C23CC4CC(CC(C4)C2)C3)cc1)S(C)(=O)=O. The van der Waals surface area contributed by atoms with Gasteiger partial charge in [-0.05, 0) is 98.3 Å². The molecule has 4 bridgehead atoms. The van der Waals surface area contributed by atoms with Crippen molar-refractivity contribution < 1.29 is 18.0 Å². The van der Waals surface area contributed by atoms with Crippen LogP contribution >= 0.6 is 0 Å². The van der Waals surface area contributed by atoms with Crippen molar-refractivity contribution in [3.8, 4) is 0 Å². The number of nitrogens with zero attached hydrogens (tertiary/aromatic N) is 2. The molecule has 0 unspecified atom stereocenters. The Labute approximate surface area is 233 Å². The molecule has 6 rings (SSSR count). The van der Waals surface area contributed by atoms with Crippen LogP contribution in [0.3, 0.4) is 0 Å². The molecule has 4 saturated carbocycles. The molecule has 2 amide bonds. The van der Waals surface area contributed by atoms with Gasteiger partial charge in [0.25, 0.3) is 0 Å². The third kappa shape index (κ3) is 5.86. The van der Waals surface area contributed by atoms with E-state index in [0.717, 1.165) is 29.6 Å². The number of hydrogen-bond acceptors (Lipinski definition) is 4. The average molecular weight is 552 g/mol. The summed E-state index contributed by atoms with van der Waals surface area (Å²) in [5, 5.41) is 2.61. The summed E-state index contributed by atoms with van der Waals surface area (Å²) >= 11 is 0. The summed E-state index contributed by atoms with van der Waals surface area (Å²) < 4.78 is 27.0. The minimum atomic E-state index is -3.74. The molecule has 1 N–H and O–H groups in total. The van der Waals surface area contributed by atoms with E-state index in [1.807, 2.05) is 42.5 Å². The van der Waals surface area contributed by atoms with Crippen LogP contribution in [0.4, 0.5) is 5.69 Å². The minimum absolute atomic E-state index is 0.218. The number of amides is 2. The molecule has 210 valence electrons. The number of benzene rings is 2.